The van der Waals surface area contributed by atoms with Crippen LogP contribution in [0.3, 0.4) is 0 Å². The van der Waals surface area contributed by atoms with Crippen LogP contribution in [-0.2, 0) is 14.3 Å². The van der Waals surface area contributed by atoms with Crippen LogP contribution in [0.2, 0.25) is 0 Å². The first-order chi connectivity index (χ1) is 9.57. The second-order valence-corrected chi connectivity index (χ2v) is 6.90. The predicted octanol–water partition coefficient (Wildman–Crippen LogP) is 2.51. The molecule has 6 nitrogen and oxygen atoms in total. The summed E-state index contributed by atoms with van der Waals surface area (Å²) in [6.07, 6.45) is 0.354. The fraction of sp³-hybridized carbons (Fsp3) is 0.867. The maximum atomic E-state index is 12.3. The topological polar surface area (TPSA) is 76.1 Å². The Morgan fingerprint density at radius 1 is 1.29 bits per heavy atom. The van der Waals surface area contributed by atoms with Gasteiger partial charge in [-0.15, -0.1) is 0 Å². The van der Waals surface area contributed by atoms with Gasteiger partial charge in [0.2, 0.25) is 0 Å². The molecule has 1 fully saturated rings. The minimum absolute atomic E-state index is 0.126. The molecule has 0 bridgehead atoms. The summed E-state index contributed by atoms with van der Waals surface area (Å²) in [5.41, 5.74) is -1.55. The molecule has 0 aromatic rings. The molecule has 1 aliphatic rings. The number of carboxylic acid groups (broad SMARTS) is 1. The molecule has 0 aromatic carbocycles. The molecule has 0 aromatic heterocycles. The Labute approximate surface area is 126 Å². The van der Waals surface area contributed by atoms with Crippen molar-refractivity contribution in [2.75, 3.05) is 19.8 Å². The maximum Gasteiger partial charge on any atom is 0.410 e. The summed E-state index contributed by atoms with van der Waals surface area (Å²) in [6, 6.07) is -0.126. The van der Waals surface area contributed by atoms with Gasteiger partial charge in [0.05, 0.1) is 5.41 Å². The highest BCUT2D eigenvalue weighted by Crippen LogP contribution is 2.33. The molecule has 0 spiro atoms. The third-order valence-corrected chi connectivity index (χ3v) is 3.63. The smallest absolute Gasteiger partial charge is 0.410 e. The van der Waals surface area contributed by atoms with E-state index in [1.54, 1.807) is 20.8 Å². The molecule has 0 aliphatic carbocycles. The number of amides is 1. The fourth-order valence-electron chi connectivity index (χ4n) is 2.31. The molecule has 122 valence electrons. The molecule has 0 atom stereocenters. The summed E-state index contributed by atoms with van der Waals surface area (Å²) in [4.78, 5) is 25.5. The standard InChI is InChI=1S/C15H27NO5/c1-11(2)16(13(19)21-14(3,4)5)10-15(12(17)18)6-8-20-9-7-15/h11H,6-10H2,1-5H3,(H,17,18). The van der Waals surface area contributed by atoms with Crippen LogP contribution in [0, 0.1) is 5.41 Å². The Balaban J connectivity index is 2.90. The van der Waals surface area contributed by atoms with E-state index >= 15 is 0 Å². The normalized spacial score (nSPS) is 18.4. The molecule has 1 amide bonds. The lowest BCUT2D eigenvalue weighted by Gasteiger charge is -2.39. The molecule has 0 saturated carbocycles. The molecular weight excluding hydrogens is 274 g/mol. The van der Waals surface area contributed by atoms with Gasteiger partial charge in [-0.3, -0.25) is 4.79 Å². The van der Waals surface area contributed by atoms with Crippen molar-refractivity contribution in [1.29, 1.82) is 0 Å². The lowest BCUT2D eigenvalue weighted by molar-refractivity contribution is -0.156. The first kappa shape index (κ1) is 17.8. The molecule has 1 saturated heterocycles. The first-order valence-corrected chi connectivity index (χ1v) is 7.38. The minimum Gasteiger partial charge on any atom is -0.481 e. The molecule has 1 N–H and O–H groups in total. The van der Waals surface area contributed by atoms with E-state index < -0.39 is 23.1 Å². The second-order valence-electron chi connectivity index (χ2n) is 6.90. The third-order valence-electron chi connectivity index (χ3n) is 3.63. The average Bonchev–Trinajstić information content (AvgIpc) is 2.34. The van der Waals surface area contributed by atoms with Crippen molar-refractivity contribution in [2.45, 2.75) is 59.1 Å². The largest absolute Gasteiger partial charge is 0.481 e. The Bertz CT molecular complexity index is 380. The fourth-order valence-corrected chi connectivity index (χ4v) is 2.31. The van der Waals surface area contributed by atoms with Gasteiger partial charge in [-0.2, -0.15) is 0 Å². The van der Waals surface area contributed by atoms with Gasteiger partial charge in [0.25, 0.3) is 0 Å². The van der Waals surface area contributed by atoms with Crippen molar-refractivity contribution < 1.29 is 24.2 Å². The van der Waals surface area contributed by atoms with Gasteiger partial charge in [0.1, 0.15) is 5.60 Å². The molecule has 1 heterocycles. The minimum atomic E-state index is -0.945. The van der Waals surface area contributed by atoms with Crippen molar-refractivity contribution in [3.8, 4) is 0 Å². The maximum absolute atomic E-state index is 12.3. The zero-order valence-corrected chi connectivity index (χ0v) is 13.6. The number of aliphatic carboxylic acids is 1. The van der Waals surface area contributed by atoms with Crippen molar-refractivity contribution in [3.63, 3.8) is 0 Å². The monoisotopic (exact) mass is 301 g/mol. The van der Waals surface area contributed by atoms with E-state index in [0.29, 0.717) is 26.1 Å². The molecule has 0 unspecified atom stereocenters. The molecule has 6 heteroatoms. The number of rotatable bonds is 4. The summed E-state index contributed by atoms with van der Waals surface area (Å²) in [5, 5.41) is 9.60. The lowest BCUT2D eigenvalue weighted by Crippen LogP contribution is -2.51. The van der Waals surface area contributed by atoms with Gasteiger partial charge in [-0.1, -0.05) is 0 Å². The lowest BCUT2D eigenvalue weighted by atomic mass is 9.79. The van der Waals surface area contributed by atoms with E-state index in [2.05, 4.69) is 0 Å². The summed E-state index contributed by atoms with van der Waals surface area (Å²) in [5.74, 6) is -0.875. The average molecular weight is 301 g/mol. The SMILES string of the molecule is CC(C)N(CC1(C(=O)O)CCOCC1)C(=O)OC(C)(C)C. The summed E-state index contributed by atoms with van der Waals surface area (Å²) >= 11 is 0. The van der Waals surface area contributed by atoms with Crippen LogP contribution in [0.5, 0.6) is 0 Å². The van der Waals surface area contributed by atoms with E-state index in [0.717, 1.165) is 0 Å². The Kier molecular flexibility index (Phi) is 5.61. The zero-order valence-electron chi connectivity index (χ0n) is 13.6. The van der Waals surface area contributed by atoms with Crippen LogP contribution in [0.15, 0.2) is 0 Å². The van der Waals surface area contributed by atoms with Crippen molar-refractivity contribution >= 4 is 12.1 Å². The highest BCUT2D eigenvalue weighted by atomic mass is 16.6. The molecular formula is C15H27NO5. The molecule has 1 rings (SSSR count). The summed E-state index contributed by atoms with van der Waals surface area (Å²) in [7, 11) is 0. The van der Waals surface area contributed by atoms with E-state index in [1.165, 1.54) is 4.90 Å². The van der Waals surface area contributed by atoms with Crippen LogP contribution in [-0.4, -0.2) is 53.5 Å². The van der Waals surface area contributed by atoms with Gasteiger partial charge < -0.3 is 19.5 Å². The van der Waals surface area contributed by atoms with E-state index in [-0.39, 0.29) is 12.6 Å². The van der Waals surface area contributed by atoms with Gasteiger partial charge in [-0.05, 0) is 47.5 Å². The number of ether oxygens (including phenoxy) is 2. The van der Waals surface area contributed by atoms with E-state index in [4.69, 9.17) is 9.47 Å². The number of hydrogen-bond donors (Lipinski definition) is 1. The highest BCUT2D eigenvalue weighted by molar-refractivity contribution is 5.76. The number of carbonyl (C=O) groups excluding carboxylic acids is 1. The van der Waals surface area contributed by atoms with Gasteiger partial charge in [0, 0.05) is 25.8 Å². The van der Waals surface area contributed by atoms with Gasteiger partial charge in [-0.25, -0.2) is 4.79 Å². The highest BCUT2D eigenvalue weighted by Gasteiger charge is 2.43. The quantitative estimate of drug-likeness (QED) is 0.863. The summed E-state index contributed by atoms with van der Waals surface area (Å²) < 4.78 is 10.7. The van der Waals surface area contributed by atoms with Crippen molar-refractivity contribution in [2.24, 2.45) is 5.41 Å². The zero-order chi connectivity index (χ0) is 16.3. The predicted molar refractivity (Wildman–Crippen MR) is 78.2 cm³/mol. The Morgan fingerprint density at radius 3 is 2.19 bits per heavy atom. The van der Waals surface area contributed by atoms with Gasteiger partial charge >= 0.3 is 12.1 Å². The molecule has 0 radical (unpaired) electrons. The van der Waals surface area contributed by atoms with Crippen molar-refractivity contribution in [3.05, 3.63) is 0 Å². The van der Waals surface area contributed by atoms with E-state index in [9.17, 15) is 14.7 Å². The van der Waals surface area contributed by atoms with Crippen LogP contribution in [0.4, 0.5) is 4.79 Å². The number of nitrogens with zero attached hydrogens (tertiary/aromatic N) is 1. The van der Waals surface area contributed by atoms with Crippen LogP contribution in [0.25, 0.3) is 0 Å². The Morgan fingerprint density at radius 2 is 1.81 bits per heavy atom. The second kappa shape index (κ2) is 6.64. The van der Waals surface area contributed by atoms with Crippen LogP contribution < -0.4 is 0 Å². The Hall–Kier alpha value is -1.30. The van der Waals surface area contributed by atoms with Crippen LogP contribution >= 0.6 is 0 Å². The first-order valence-electron chi connectivity index (χ1n) is 7.38. The van der Waals surface area contributed by atoms with Crippen molar-refractivity contribution in [1.82, 2.24) is 4.90 Å². The third kappa shape index (κ3) is 4.88. The molecule has 1 aliphatic heterocycles. The number of carbonyl (C=O) groups is 2. The number of carboxylic acids is 1. The summed E-state index contributed by atoms with van der Waals surface area (Å²) in [6.45, 7) is 10.1. The molecule has 21 heavy (non-hydrogen) atoms. The van der Waals surface area contributed by atoms with E-state index in [1.807, 2.05) is 13.8 Å². The number of hydrogen-bond acceptors (Lipinski definition) is 4. The van der Waals surface area contributed by atoms with Gasteiger partial charge in [0.15, 0.2) is 0 Å². The van der Waals surface area contributed by atoms with Crippen LogP contribution in [0.1, 0.15) is 47.5 Å².